The summed E-state index contributed by atoms with van der Waals surface area (Å²) in [5.74, 6) is 1.19. The van der Waals surface area contributed by atoms with E-state index in [-0.39, 0.29) is 5.75 Å². The molecule has 0 atom stereocenters. The van der Waals surface area contributed by atoms with Gasteiger partial charge in [0.05, 0.1) is 7.11 Å². The fourth-order valence-corrected chi connectivity index (χ4v) is 2.82. The van der Waals surface area contributed by atoms with E-state index in [1.54, 1.807) is 19.2 Å². The fraction of sp³-hybridized carbons (Fsp3) is 0.600. The summed E-state index contributed by atoms with van der Waals surface area (Å²) in [6.45, 7) is 4.39. The summed E-state index contributed by atoms with van der Waals surface area (Å²) < 4.78 is 5.54. The minimum absolute atomic E-state index is 0.284. The Morgan fingerprint density at radius 1 is 1.00 bits per heavy atom. The highest BCUT2D eigenvalue weighted by Crippen LogP contribution is 2.25. The molecule has 0 fully saturated rings. The number of aromatic hydroxyl groups is 1. The zero-order valence-electron chi connectivity index (χ0n) is 14.5. The van der Waals surface area contributed by atoms with Crippen LogP contribution >= 0.6 is 0 Å². The van der Waals surface area contributed by atoms with Crippen LogP contribution in [0.2, 0.25) is 0 Å². The second-order valence-electron chi connectivity index (χ2n) is 6.09. The van der Waals surface area contributed by atoms with E-state index in [4.69, 9.17) is 4.74 Å². The standard InChI is InChI=1S/C20H32O2/c1-4-5-6-7-8-9-10-11-13-17(2)20(22-3)18-14-12-15-19(21)16-18/h12,14-16,21H,4-11,13H2,1-3H3/b20-17-. The van der Waals surface area contributed by atoms with Crippen LogP contribution in [-0.2, 0) is 4.74 Å². The Morgan fingerprint density at radius 2 is 1.64 bits per heavy atom. The van der Waals surface area contributed by atoms with E-state index in [0.717, 1.165) is 17.7 Å². The molecule has 0 aliphatic heterocycles. The number of methoxy groups -OCH3 is 1. The highest BCUT2D eigenvalue weighted by Gasteiger charge is 2.07. The smallest absolute Gasteiger partial charge is 0.125 e. The molecule has 0 aromatic heterocycles. The van der Waals surface area contributed by atoms with Crippen LogP contribution in [0.5, 0.6) is 5.75 Å². The van der Waals surface area contributed by atoms with Gasteiger partial charge < -0.3 is 9.84 Å². The van der Waals surface area contributed by atoms with E-state index in [1.165, 1.54) is 56.9 Å². The first-order valence-electron chi connectivity index (χ1n) is 8.72. The van der Waals surface area contributed by atoms with Crippen molar-refractivity contribution in [2.24, 2.45) is 0 Å². The average Bonchev–Trinajstić information content (AvgIpc) is 2.51. The van der Waals surface area contributed by atoms with E-state index in [9.17, 15) is 5.11 Å². The van der Waals surface area contributed by atoms with Crippen LogP contribution in [0.25, 0.3) is 5.76 Å². The first-order chi connectivity index (χ1) is 10.7. The van der Waals surface area contributed by atoms with Gasteiger partial charge in [0.15, 0.2) is 0 Å². The molecule has 0 saturated carbocycles. The van der Waals surface area contributed by atoms with Crippen molar-refractivity contribution in [2.45, 2.75) is 71.6 Å². The summed E-state index contributed by atoms with van der Waals surface area (Å²) in [6.07, 6.45) is 11.7. The van der Waals surface area contributed by atoms with Gasteiger partial charge in [-0.2, -0.15) is 0 Å². The third-order valence-corrected chi connectivity index (χ3v) is 4.11. The molecule has 22 heavy (non-hydrogen) atoms. The second kappa shape index (κ2) is 11.2. The van der Waals surface area contributed by atoms with Crippen molar-refractivity contribution < 1.29 is 9.84 Å². The van der Waals surface area contributed by atoms with Crippen molar-refractivity contribution in [2.75, 3.05) is 7.11 Å². The van der Waals surface area contributed by atoms with Crippen molar-refractivity contribution >= 4 is 5.76 Å². The predicted molar refractivity (Wildman–Crippen MR) is 94.9 cm³/mol. The molecule has 0 aliphatic rings. The van der Waals surface area contributed by atoms with Gasteiger partial charge in [-0.25, -0.2) is 0 Å². The van der Waals surface area contributed by atoms with Gasteiger partial charge in [-0.15, -0.1) is 0 Å². The molecule has 0 radical (unpaired) electrons. The number of allylic oxidation sites excluding steroid dienone is 1. The lowest BCUT2D eigenvalue weighted by atomic mass is 10.0. The summed E-state index contributed by atoms with van der Waals surface area (Å²) in [7, 11) is 1.70. The molecule has 0 amide bonds. The quantitative estimate of drug-likeness (QED) is 0.384. The average molecular weight is 304 g/mol. The van der Waals surface area contributed by atoms with Crippen molar-refractivity contribution in [3.05, 3.63) is 35.4 Å². The van der Waals surface area contributed by atoms with Gasteiger partial charge in [0.1, 0.15) is 11.5 Å². The van der Waals surface area contributed by atoms with Crippen molar-refractivity contribution in [1.82, 2.24) is 0 Å². The number of benzene rings is 1. The Hall–Kier alpha value is -1.44. The number of hydrogen-bond donors (Lipinski definition) is 1. The second-order valence-corrected chi connectivity index (χ2v) is 6.09. The molecule has 0 spiro atoms. The zero-order chi connectivity index (χ0) is 16.2. The van der Waals surface area contributed by atoms with Crippen LogP contribution in [0, 0.1) is 0 Å². The number of ether oxygens (including phenoxy) is 1. The fourth-order valence-electron chi connectivity index (χ4n) is 2.82. The minimum atomic E-state index is 0.284. The zero-order valence-corrected chi connectivity index (χ0v) is 14.5. The maximum Gasteiger partial charge on any atom is 0.125 e. The molecular formula is C20H32O2. The monoisotopic (exact) mass is 304 g/mol. The van der Waals surface area contributed by atoms with Gasteiger partial charge in [-0.1, -0.05) is 64.0 Å². The predicted octanol–water partition coefficient (Wildman–Crippen LogP) is 6.30. The Bertz CT molecular complexity index is 449. The Labute approximate surface area is 136 Å². The van der Waals surface area contributed by atoms with E-state index in [1.807, 2.05) is 12.1 Å². The largest absolute Gasteiger partial charge is 0.508 e. The number of hydrogen-bond acceptors (Lipinski definition) is 2. The molecule has 124 valence electrons. The Morgan fingerprint density at radius 3 is 2.23 bits per heavy atom. The summed E-state index contributed by atoms with van der Waals surface area (Å²) in [4.78, 5) is 0. The van der Waals surface area contributed by atoms with Crippen LogP contribution in [0.1, 0.15) is 77.2 Å². The highest BCUT2D eigenvalue weighted by molar-refractivity contribution is 5.63. The molecule has 1 rings (SSSR count). The molecule has 2 nitrogen and oxygen atoms in total. The van der Waals surface area contributed by atoms with Gasteiger partial charge in [-0.3, -0.25) is 0 Å². The number of unbranched alkanes of at least 4 members (excludes halogenated alkanes) is 7. The minimum Gasteiger partial charge on any atom is -0.508 e. The van der Waals surface area contributed by atoms with Crippen molar-refractivity contribution in [3.63, 3.8) is 0 Å². The van der Waals surface area contributed by atoms with Gasteiger partial charge >= 0.3 is 0 Å². The Balaban J connectivity index is 2.36. The lowest BCUT2D eigenvalue weighted by Crippen LogP contribution is -1.93. The molecule has 1 aromatic carbocycles. The molecule has 0 bridgehead atoms. The lowest BCUT2D eigenvalue weighted by molar-refractivity contribution is 0.364. The third-order valence-electron chi connectivity index (χ3n) is 4.11. The van der Waals surface area contributed by atoms with Crippen LogP contribution in [0.3, 0.4) is 0 Å². The molecule has 1 N–H and O–H groups in total. The van der Waals surface area contributed by atoms with Gasteiger partial charge in [0.2, 0.25) is 0 Å². The SMILES string of the molecule is CCCCCCCCCC/C(C)=C(\OC)c1cccc(O)c1. The molecular weight excluding hydrogens is 272 g/mol. The van der Waals surface area contributed by atoms with Crippen LogP contribution in [-0.4, -0.2) is 12.2 Å². The molecule has 0 heterocycles. The van der Waals surface area contributed by atoms with Gasteiger partial charge in [0, 0.05) is 5.56 Å². The topological polar surface area (TPSA) is 29.5 Å². The summed E-state index contributed by atoms with van der Waals surface area (Å²) >= 11 is 0. The number of phenols is 1. The normalized spacial score (nSPS) is 12.1. The van der Waals surface area contributed by atoms with Crippen molar-refractivity contribution in [3.8, 4) is 5.75 Å². The summed E-state index contributed by atoms with van der Waals surface area (Å²) in [6, 6.07) is 7.28. The molecule has 0 unspecified atom stereocenters. The number of phenolic OH excluding ortho intramolecular Hbond substituents is 1. The van der Waals surface area contributed by atoms with Crippen LogP contribution < -0.4 is 0 Å². The lowest BCUT2D eigenvalue weighted by Gasteiger charge is -2.12. The maximum absolute atomic E-state index is 9.60. The van der Waals surface area contributed by atoms with Crippen LogP contribution in [0.15, 0.2) is 29.8 Å². The molecule has 2 heteroatoms. The maximum atomic E-state index is 9.60. The van der Waals surface area contributed by atoms with Gasteiger partial charge in [-0.05, 0) is 37.5 Å². The van der Waals surface area contributed by atoms with E-state index in [2.05, 4.69) is 13.8 Å². The van der Waals surface area contributed by atoms with Gasteiger partial charge in [0.25, 0.3) is 0 Å². The van der Waals surface area contributed by atoms with Crippen molar-refractivity contribution in [1.29, 1.82) is 0 Å². The third kappa shape index (κ3) is 7.02. The first-order valence-corrected chi connectivity index (χ1v) is 8.72. The van der Waals surface area contributed by atoms with E-state index < -0.39 is 0 Å². The Kier molecular flexibility index (Phi) is 9.45. The summed E-state index contributed by atoms with van der Waals surface area (Å²) in [5.41, 5.74) is 2.22. The van der Waals surface area contributed by atoms with Crippen LogP contribution in [0.4, 0.5) is 0 Å². The summed E-state index contributed by atoms with van der Waals surface area (Å²) in [5, 5.41) is 9.60. The number of rotatable bonds is 11. The molecule has 0 aliphatic carbocycles. The van der Waals surface area contributed by atoms with E-state index in [0.29, 0.717) is 0 Å². The highest BCUT2D eigenvalue weighted by atomic mass is 16.5. The molecule has 0 saturated heterocycles. The van der Waals surface area contributed by atoms with E-state index >= 15 is 0 Å². The molecule has 1 aromatic rings. The first kappa shape index (κ1) is 18.6.